The van der Waals surface area contributed by atoms with Crippen molar-refractivity contribution in [3.63, 3.8) is 0 Å². The molecule has 0 aliphatic heterocycles. The van der Waals surface area contributed by atoms with Crippen molar-refractivity contribution < 1.29 is 25.9 Å². The molecule has 0 atom stereocenters. The summed E-state index contributed by atoms with van der Waals surface area (Å²) in [5.41, 5.74) is 1.91. The molecular formula is C21H32O6S2. The number of rotatable bonds is 6. The molecule has 29 heavy (non-hydrogen) atoms. The molecule has 0 spiro atoms. The van der Waals surface area contributed by atoms with Gasteiger partial charge in [-0.15, -0.1) is 0 Å². The molecule has 0 fully saturated rings. The fourth-order valence-electron chi connectivity index (χ4n) is 2.10. The summed E-state index contributed by atoms with van der Waals surface area (Å²) in [6.07, 6.45) is 7.01. The van der Waals surface area contributed by atoms with E-state index in [9.17, 15) is 16.8 Å². The fraction of sp³-hybridized carbons (Fsp3) is 0.429. The molecule has 0 saturated heterocycles. The van der Waals surface area contributed by atoms with E-state index in [1.807, 2.05) is 13.8 Å². The van der Waals surface area contributed by atoms with Gasteiger partial charge in [-0.25, -0.2) is 0 Å². The van der Waals surface area contributed by atoms with Gasteiger partial charge in [0.2, 0.25) is 0 Å². The zero-order valence-electron chi connectivity index (χ0n) is 17.5. The maximum absolute atomic E-state index is 10.5. The van der Waals surface area contributed by atoms with E-state index in [2.05, 4.69) is 13.8 Å². The third-order valence-corrected chi connectivity index (χ3v) is 5.58. The quantitative estimate of drug-likeness (QED) is 0.452. The highest BCUT2D eigenvalue weighted by atomic mass is 32.2. The van der Waals surface area contributed by atoms with E-state index in [0.717, 1.165) is 11.1 Å². The van der Waals surface area contributed by atoms with Crippen molar-refractivity contribution >= 4 is 20.2 Å². The van der Waals surface area contributed by atoms with Gasteiger partial charge in [-0.2, -0.15) is 16.8 Å². The molecule has 2 aromatic carbocycles. The lowest BCUT2D eigenvalue weighted by molar-refractivity contribution is 0.481. The standard InChI is InChI=1S/2C7H8O3S.C7H16/c2*1-6-2-4-7(5-3-6)11(8,9)10;1-3-5-7-6-4-2/h2*2-5H,1H3,(H,8,9,10);3-7H2,1-2H3. The van der Waals surface area contributed by atoms with Crippen LogP contribution in [0.1, 0.15) is 57.1 Å². The topological polar surface area (TPSA) is 109 Å². The third-order valence-electron chi connectivity index (χ3n) is 3.84. The molecule has 0 saturated carbocycles. The van der Waals surface area contributed by atoms with Crippen LogP contribution in [0.5, 0.6) is 0 Å². The molecule has 2 N–H and O–H groups in total. The minimum atomic E-state index is -4.02. The van der Waals surface area contributed by atoms with Gasteiger partial charge in [0.15, 0.2) is 0 Å². The molecule has 0 radical (unpaired) electrons. The Labute approximate surface area is 175 Å². The molecule has 6 nitrogen and oxygen atoms in total. The van der Waals surface area contributed by atoms with E-state index in [-0.39, 0.29) is 9.79 Å². The first kappa shape index (κ1) is 27.3. The minimum Gasteiger partial charge on any atom is -0.282 e. The van der Waals surface area contributed by atoms with Crippen LogP contribution in [0.15, 0.2) is 58.3 Å². The van der Waals surface area contributed by atoms with E-state index < -0.39 is 20.2 Å². The van der Waals surface area contributed by atoms with Crippen LogP contribution in [0, 0.1) is 13.8 Å². The third kappa shape index (κ3) is 13.2. The molecule has 8 heteroatoms. The van der Waals surface area contributed by atoms with E-state index in [4.69, 9.17) is 9.11 Å². The average molecular weight is 445 g/mol. The molecule has 164 valence electrons. The highest BCUT2D eigenvalue weighted by Crippen LogP contribution is 2.09. The molecule has 0 unspecified atom stereocenters. The van der Waals surface area contributed by atoms with Crippen molar-refractivity contribution in [1.82, 2.24) is 0 Å². The van der Waals surface area contributed by atoms with Crippen LogP contribution in [0.3, 0.4) is 0 Å². The molecule has 0 amide bonds. The fourth-order valence-corrected chi connectivity index (χ4v) is 3.06. The summed E-state index contributed by atoms with van der Waals surface area (Å²) in [4.78, 5) is -0.133. The van der Waals surface area contributed by atoms with Gasteiger partial charge < -0.3 is 0 Å². The largest absolute Gasteiger partial charge is 0.294 e. The molecule has 2 rings (SSSR count). The van der Waals surface area contributed by atoms with Gasteiger partial charge in [0.25, 0.3) is 20.2 Å². The van der Waals surface area contributed by atoms with Crippen molar-refractivity contribution in [1.29, 1.82) is 0 Å². The minimum absolute atomic E-state index is 0.0666. The Hall–Kier alpha value is -1.74. The van der Waals surface area contributed by atoms with Gasteiger partial charge >= 0.3 is 0 Å². The number of unbranched alkanes of at least 4 members (excludes halogenated alkanes) is 4. The van der Waals surface area contributed by atoms with Gasteiger partial charge in [0, 0.05) is 0 Å². The Morgan fingerprint density at radius 3 is 1.07 bits per heavy atom. The van der Waals surface area contributed by atoms with Gasteiger partial charge in [-0.3, -0.25) is 9.11 Å². The summed E-state index contributed by atoms with van der Waals surface area (Å²) in [7, 11) is -8.04. The lowest BCUT2D eigenvalue weighted by Crippen LogP contribution is -1.96. The maximum Gasteiger partial charge on any atom is 0.294 e. The highest BCUT2D eigenvalue weighted by molar-refractivity contribution is 7.86. The van der Waals surface area contributed by atoms with Crippen LogP contribution >= 0.6 is 0 Å². The Bertz CT molecular complexity index is 823. The Morgan fingerprint density at radius 1 is 0.586 bits per heavy atom. The van der Waals surface area contributed by atoms with Crippen LogP contribution in [0.25, 0.3) is 0 Å². The summed E-state index contributed by atoms with van der Waals surface area (Å²) in [6.45, 7) is 8.17. The Kier molecular flexibility index (Phi) is 12.7. The second-order valence-electron chi connectivity index (χ2n) is 6.64. The highest BCUT2D eigenvalue weighted by Gasteiger charge is 2.07. The van der Waals surface area contributed by atoms with Gasteiger partial charge in [-0.1, -0.05) is 81.3 Å². The van der Waals surface area contributed by atoms with Crippen LogP contribution in [0.2, 0.25) is 0 Å². The number of benzene rings is 2. The first-order chi connectivity index (χ1) is 13.4. The monoisotopic (exact) mass is 444 g/mol. The van der Waals surface area contributed by atoms with Crippen LogP contribution < -0.4 is 0 Å². The lowest BCUT2D eigenvalue weighted by Gasteiger charge is -1.95. The SMILES string of the molecule is CCCCCCC.Cc1ccc(S(=O)(=O)O)cc1.Cc1ccc(S(=O)(=O)O)cc1. The summed E-state index contributed by atoms with van der Waals surface area (Å²) in [5.74, 6) is 0. The van der Waals surface area contributed by atoms with E-state index >= 15 is 0 Å². The van der Waals surface area contributed by atoms with Crippen LogP contribution in [-0.2, 0) is 20.2 Å². The number of hydrogen-bond acceptors (Lipinski definition) is 4. The zero-order chi connectivity index (χ0) is 22.5. The van der Waals surface area contributed by atoms with Crippen molar-refractivity contribution in [3.8, 4) is 0 Å². The van der Waals surface area contributed by atoms with Crippen LogP contribution in [-0.4, -0.2) is 25.9 Å². The van der Waals surface area contributed by atoms with Gasteiger partial charge in [0.1, 0.15) is 0 Å². The summed E-state index contributed by atoms with van der Waals surface area (Å²) >= 11 is 0. The van der Waals surface area contributed by atoms with E-state index in [1.54, 1.807) is 24.3 Å². The molecule has 0 aliphatic carbocycles. The number of hydrogen-bond donors (Lipinski definition) is 2. The van der Waals surface area contributed by atoms with Crippen molar-refractivity contribution in [2.45, 2.75) is 69.6 Å². The van der Waals surface area contributed by atoms with Crippen LogP contribution in [0.4, 0.5) is 0 Å². The predicted octanol–water partition coefficient (Wildman–Crippen LogP) is 5.46. The van der Waals surface area contributed by atoms with Gasteiger partial charge in [0.05, 0.1) is 9.79 Å². The predicted molar refractivity (Wildman–Crippen MR) is 116 cm³/mol. The average Bonchev–Trinajstić information content (AvgIpc) is 2.62. The normalized spacial score (nSPS) is 11.0. The maximum atomic E-state index is 10.5. The van der Waals surface area contributed by atoms with Crippen molar-refractivity contribution in [3.05, 3.63) is 59.7 Å². The van der Waals surface area contributed by atoms with Crippen molar-refractivity contribution in [2.24, 2.45) is 0 Å². The molecule has 0 aliphatic rings. The molecule has 2 aromatic rings. The smallest absolute Gasteiger partial charge is 0.282 e. The first-order valence-electron chi connectivity index (χ1n) is 9.50. The van der Waals surface area contributed by atoms with E-state index in [1.165, 1.54) is 56.4 Å². The summed E-state index contributed by atoms with van der Waals surface area (Å²) < 4.78 is 59.1. The second-order valence-corrected chi connectivity index (χ2v) is 9.48. The second kappa shape index (κ2) is 13.5. The Balaban J connectivity index is 0.000000419. The van der Waals surface area contributed by atoms with E-state index in [0.29, 0.717) is 0 Å². The van der Waals surface area contributed by atoms with Crippen molar-refractivity contribution in [2.75, 3.05) is 0 Å². The first-order valence-corrected chi connectivity index (χ1v) is 12.4. The van der Waals surface area contributed by atoms with Gasteiger partial charge in [-0.05, 0) is 38.1 Å². The molecule has 0 heterocycles. The molecular weight excluding hydrogens is 412 g/mol. The summed E-state index contributed by atoms with van der Waals surface area (Å²) in [5, 5.41) is 0. The lowest BCUT2D eigenvalue weighted by atomic mass is 10.2. The molecule has 0 bridgehead atoms. The summed E-state index contributed by atoms with van der Waals surface area (Å²) in [6, 6.07) is 12.0. The molecule has 0 aromatic heterocycles. The Morgan fingerprint density at radius 2 is 0.862 bits per heavy atom. The zero-order valence-corrected chi connectivity index (χ0v) is 19.1. The number of aryl methyl sites for hydroxylation is 2.